The highest BCUT2D eigenvalue weighted by Crippen LogP contribution is 2.32. The monoisotopic (exact) mass is 469 g/mol. The van der Waals surface area contributed by atoms with E-state index in [1.54, 1.807) is 7.11 Å². The quantitative estimate of drug-likeness (QED) is 0.515. The number of para-hydroxylation sites is 1. The first-order chi connectivity index (χ1) is 17.1. The van der Waals surface area contributed by atoms with Gasteiger partial charge in [0.2, 0.25) is 5.91 Å². The molecule has 6 heteroatoms. The summed E-state index contributed by atoms with van der Waals surface area (Å²) in [6, 6.07) is 21.7. The molecule has 0 radical (unpaired) electrons. The highest BCUT2D eigenvalue weighted by Gasteiger charge is 2.27. The van der Waals surface area contributed by atoms with Gasteiger partial charge in [0, 0.05) is 55.3 Å². The predicted octanol–water partition coefficient (Wildman–Crippen LogP) is 4.90. The van der Waals surface area contributed by atoms with Crippen molar-refractivity contribution in [1.29, 1.82) is 0 Å². The van der Waals surface area contributed by atoms with Crippen LogP contribution in [0.4, 0.5) is 0 Å². The molecule has 1 aromatic heterocycles. The molecule has 3 heterocycles. The number of pyridine rings is 1. The fourth-order valence-corrected chi connectivity index (χ4v) is 5.16. The van der Waals surface area contributed by atoms with Crippen molar-refractivity contribution in [2.45, 2.75) is 38.1 Å². The van der Waals surface area contributed by atoms with Gasteiger partial charge < -0.3 is 14.5 Å². The summed E-state index contributed by atoms with van der Waals surface area (Å²) in [5, 5.41) is 0. The normalized spacial score (nSPS) is 18.1. The molecule has 0 bridgehead atoms. The molecule has 2 amide bonds. The van der Waals surface area contributed by atoms with Gasteiger partial charge in [-0.15, -0.1) is 0 Å². The lowest BCUT2D eigenvalue weighted by Gasteiger charge is -2.33. The van der Waals surface area contributed by atoms with Crippen molar-refractivity contribution in [3.63, 3.8) is 0 Å². The summed E-state index contributed by atoms with van der Waals surface area (Å²) in [6.45, 7) is 2.76. The van der Waals surface area contributed by atoms with Gasteiger partial charge in [0.25, 0.3) is 5.91 Å². The van der Waals surface area contributed by atoms with Gasteiger partial charge in [-0.2, -0.15) is 0 Å². The minimum absolute atomic E-state index is 0.0465. The van der Waals surface area contributed by atoms with E-state index in [1.165, 1.54) is 0 Å². The number of nitrogens with zero attached hydrogens (tertiary/aromatic N) is 3. The van der Waals surface area contributed by atoms with Crippen molar-refractivity contribution < 1.29 is 14.3 Å². The van der Waals surface area contributed by atoms with Crippen LogP contribution in [-0.2, 0) is 11.3 Å². The third-order valence-corrected chi connectivity index (χ3v) is 7.00. The Balaban J connectivity index is 1.31. The summed E-state index contributed by atoms with van der Waals surface area (Å²) < 4.78 is 5.53. The molecule has 2 aliphatic heterocycles. The van der Waals surface area contributed by atoms with E-state index in [4.69, 9.17) is 9.72 Å². The predicted molar refractivity (Wildman–Crippen MR) is 135 cm³/mol. The maximum absolute atomic E-state index is 13.4. The number of ether oxygens (including phenoxy) is 1. The van der Waals surface area contributed by atoms with E-state index in [9.17, 15) is 9.59 Å². The molecule has 3 aromatic rings. The zero-order valence-electron chi connectivity index (χ0n) is 20.2. The Bertz CT molecular complexity index is 1230. The first-order valence-corrected chi connectivity index (χ1v) is 12.4. The molecule has 2 aromatic carbocycles. The molecular weight excluding hydrogens is 438 g/mol. The van der Waals surface area contributed by atoms with Crippen LogP contribution in [0.3, 0.4) is 0 Å². The average molecular weight is 470 g/mol. The Morgan fingerprint density at radius 2 is 1.89 bits per heavy atom. The van der Waals surface area contributed by atoms with Crippen LogP contribution in [0.15, 0.2) is 66.7 Å². The molecule has 35 heavy (non-hydrogen) atoms. The van der Waals surface area contributed by atoms with Crippen molar-refractivity contribution in [1.82, 2.24) is 14.8 Å². The Hall–Kier alpha value is -3.67. The number of benzene rings is 2. The van der Waals surface area contributed by atoms with Crippen LogP contribution in [0.1, 0.15) is 53.2 Å². The lowest BCUT2D eigenvalue weighted by molar-refractivity contribution is -0.128. The fourth-order valence-electron chi connectivity index (χ4n) is 5.16. The van der Waals surface area contributed by atoms with E-state index in [0.717, 1.165) is 60.6 Å². The molecule has 180 valence electrons. The molecule has 6 nitrogen and oxygen atoms in total. The number of carbonyl (C=O) groups is 2. The van der Waals surface area contributed by atoms with E-state index in [2.05, 4.69) is 6.07 Å². The maximum atomic E-state index is 13.4. The number of carbonyl (C=O) groups excluding carboxylic acids is 2. The topological polar surface area (TPSA) is 62.7 Å². The number of amides is 2. The number of aromatic nitrogens is 1. The minimum atomic E-state index is 0.0465. The molecule has 5 rings (SSSR count). The van der Waals surface area contributed by atoms with Crippen LogP contribution in [0.25, 0.3) is 11.3 Å². The molecule has 0 unspecified atom stereocenters. The summed E-state index contributed by atoms with van der Waals surface area (Å²) in [5.41, 5.74) is 4.55. The van der Waals surface area contributed by atoms with Crippen molar-refractivity contribution in [2.24, 2.45) is 0 Å². The Morgan fingerprint density at radius 1 is 1.03 bits per heavy atom. The SMILES string of the molecule is COc1ccccc1-c1cccc([C@@H]2CCCN(C(=O)c3cccc(CN4CCCC4=O)c3)C2)n1. The third kappa shape index (κ3) is 5.06. The maximum Gasteiger partial charge on any atom is 0.253 e. The molecule has 0 spiro atoms. The molecule has 0 aliphatic carbocycles. The second-order valence-corrected chi connectivity index (χ2v) is 9.36. The van der Waals surface area contributed by atoms with Crippen LogP contribution in [-0.4, -0.2) is 53.3 Å². The highest BCUT2D eigenvalue weighted by atomic mass is 16.5. The van der Waals surface area contributed by atoms with Crippen molar-refractivity contribution in [2.75, 3.05) is 26.7 Å². The van der Waals surface area contributed by atoms with Gasteiger partial charge >= 0.3 is 0 Å². The van der Waals surface area contributed by atoms with Crippen molar-refractivity contribution >= 4 is 11.8 Å². The molecule has 2 fully saturated rings. The number of hydrogen-bond donors (Lipinski definition) is 0. The number of piperidine rings is 1. The summed E-state index contributed by atoms with van der Waals surface area (Å²) in [4.78, 5) is 34.2. The second-order valence-electron chi connectivity index (χ2n) is 9.36. The van der Waals surface area contributed by atoms with E-state index in [0.29, 0.717) is 25.1 Å². The van der Waals surface area contributed by atoms with E-state index in [-0.39, 0.29) is 17.7 Å². The Kier molecular flexibility index (Phi) is 6.80. The summed E-state index contributed by atoms with van der Waals surface area (Å²) >= 11 is 0. The third-order valence-electron chi connectivity index (χ3n) is 7.00. The molecule has 2 saturated heterocycles. The van der Waals surface area contributed by atoms with Gasteiger partial charge in [-0.3, -0.25) is 14.6 Å². The molecule has 0 N–H and O–H groups in total. The molecule has 2 aliphatic rings. The Labute approximate surface area is 206 Å². The van der Waals surface area contributed by atoms with Crippen molar-refractivity contribution in [3.8, 4) is 17.0 Å². The zero-order valence-corrected chi connectivity index (χ0v) is 20.2. The number of likely N-dealkylation sites (tertiary alicyclic amines) is 2. The number of methoxy groups -OCH3 is 1. The lowest BCUT2D eigenvalue weighted by atomic mass is 9.93. The van der Waals surface area contributed by atoms with Crippen LogP contribution in [0.2, 0.25) is 0 Å². The molecule has 1 atom stereocenters. The minimum Gasteiger partial charge on any atom is -0.496 e. The van der Waals surface area contributed by atoms with Gasteiger partial charge in [0.15, 0.2) is 0 Å². The van der Waals surface area contributed by atoms with Crippen molar-refractivity contribution in [3.05, 3.63) is 83.6 Å². The smallest absolute Gasteiger partial charge is 0.253 e. The summed E-state index contributed by atoms with van der Waals surface area (Å²) in [7, 11) is 1.67. The fraction of sp³-hybridized carbons (Fsp3) is 0.345. The summed E-state index contributed by atoms with van der Waals surface area (Å²) in [6.07, 6.45) is 3.49. The molecular formula is C29H31N3O3. The summed E-state index contributed by atoms with van der Waals surface area (Å²) in [5.74, 6) is 1.23. The zero-order chi connectivity index (χ0) is 24.2. The van der Waals surface area contributed by atoms with Gasteiger partial charge in [0.05, 0.1) is 12.8 Å². The van der Waals surface area contributed by atoms with Crippen LogP contribution in [0, 0.1) is 0 Å². The first kappa shape index (κ1) is 23.1. The van der Waals surface area contributed by atoms with Crippen LogP contribution in [0.5, 0.6) is 5.75 Å². The number of rotatable bonds is 6. The van der Waals surface area contributed by atoms with E-state index < -0.39 is 0 Å². The second kappa shape index (κ2) is 10.3. The van der Waals surface area contributed by atoms with Crippen LogP contribution >= 0.6 is 0 Å². The largest absolute Gasteiger partial charge is 0.496 e. The van der Waals surface area contributed by atoms with Gasteiger partial charge in [0.1, 0.15) is 5.75 Å². The van der Waals surface area contributed by atoms with Gasteiger partial charge in [-0.25, -0.2) is 0 Å². The van der Waals surface area contributed by atoms with Crippen LogP contribution < -0.4 is 4.74 Å². The lowest BCUT2D eigenvalue weighted by Crippen LogP contribution is -2.39. The first-order valence-electron chi connectivity index (χ1n) is 12.4. The number of hydrogen-bond acceptors (Lipinski definition) is 4. The molecule has 0 saturated carbocycles. The highest BCUT2D eigenvalue weighted by molar-refractivity contribution is 5.94. The van der Waals surface area contributed by atoms with E-state index in [1.807, 2.05) is 70.5 Å². The standard InChI is InChI=1S/C29H31N3O3/c1-35-27-14-3-2-11-24(27)26-13-5-12-25(30-26)23-10-6-17-32(20-23)29(34)22-9-4-8-21(18-22)19-31-16-7-15-28(31)33/h2-5,8-9,11-14,18,23H,6-7,10,15-17,19-20H2,1H3/t23-/m1/s1. The van der Waals surface area contributed by atoms with Gasteiger partial charge in [-0.1, -0.05) is 30.3 Å². The average Bonchev–Trinajstić information content (AvgIpc) is 3.32. The Morgan fingerprint density at radius 3 is 2.71 bits per heavy atom. The van der Waals surface area contributed by atoms with Gasteiger partial charge in [-0.05, 0) is 61.2 Å². The van der Waals surface area contributed by atoms with E-state index >= 15 is 0 Å².